The normalized spacial score (nSPS) is 15.2. The molecule has 0 bridgehead atoms. The summed E-state index contributed by atoms with van der Waals surface area (Å²) in [6.07, 6.45) is 8.79. The summed E-state index contributed by atoms with van der Waals surface area (Å²) in [7, 11) is 0. The Morgan fingerprint density at radius 1 is 1.18 bits per heavy atom. The summed E-state index contributed by atoms with van der Waals surface area (Å²) in [5.41, 5.74) is 1.31. The van der Waals surface area contributed by atoms with Crippen molar-refractivity contribution in [2.45, 2.75) is 25.4 Å². The number of aliphatic hydroxyl groups excluding tert-OH is 2. The monoisotopic (exact) mass is 401 g/mol. The van der Waals surface area contributed by atoms with Crippen LogP contribution >= 0.6 is 11.3 Å². The number of aliphatic hydroxyl groups is 2. The lowest BCUT2D eigenvalue weighted by atomic mass is 10.1. The van der Waals surface area contributed by atoms with E-state index in [9.17, 15) is 0 Å². The minimum Gasteiger partial charge on any atom is -0.485 e. The topological polar surface area (TPSA) is 91.8 Å². The van der Waals surface area contributed by atoms with E-state index < -0.39 is 6.10 Å². The van der Waals surface area contributed by atoms with Crippen LogP contribution in [0.1, 0.15) is 30.0 Å². The Hall–Kier alpha value is -2.42. The summed E-state index contributed by atoms with van der Waals surface area (Å²) >= 11 is 1.67. The van der Waals surface area contributed by atoms with Gasteiger partial charge in [-0.25, -0.2) is 9.97 Å². The van der Waals surface area contributed by atoms with E-state index in [1.807, 2.05) is 18.3 Å². The highest BCUT2D eigenvalue weighted by atomic mass is 32.1. The van der Waals surface area contributed by atoms with Crippen LogP contribution in [-0.4, -0.2) is 52.6 Å². The number of hydrogen-bond acceptors (Lipinski definition) is 8. The number of nitrogens with zero attached hydrogens (tertiary/aromatic N) is 3. The Morgan fingerprint density at radius 3 is 2.79 bits per heavy atom. The molecule has 1 aromatic carbocycles. The van der Waals surface area contributed by atoms with E-state index in [2.05, 4.69) is 14.9 Å². The van der Waals surface area contributed by atoms with Gasteiger partial charge in [-0.3, -0.25) is 0 Å². The lowest BCUT2D eigenvalue weighted by Gasteiger charge is -2.25. The van der Waals surface area contributed by atoms with Gasteiger partial charge in [-0.1, -0.05) is 11.3 Å². The fourth-order valence-corrected chi connectivity index (χ4v) is 4.00. The Morgan fingerprint density at radius 2 is 2.00 bits per heavy atom. The van der Waals surface area contributed by atoms with Gasteiger partial charge < -0.3 is 24.3 Å². The maximum absolute atomic E-state index is 9.13. The predicted molar refractivity (Wildman–Crippen MR) is 110 cm³/mol. The van der Waals surface area contributed by atoms with E-state index in [0.29, 0.717) is 17.2 Å². The number of rotatable bonds is 7. The van der Waals surface area contributed by atoms with Crippen LogP contribution in [0.3, 0.4) is 0 Å². The number of ether oxygens (including phenoxy) is 1. The van der Waals surface area contributed by atoms with Crippen LogP contribution in [0.2, 0.25) is 0 Å². The fourth-order valence-electron chi connectivity index (χ4n) is 3.13. The van der Waals surface area contributed by atoms with E-state index in [0.717, 1.165) is 28.6 Å². The Kier molecular flexibility index (Phi) is 5.90. The third-order valence-corrected chi connectivity index (χ3v) is 5.64. The molecule has 1 aliphatic rings. The molecule has 1 saturated heterocycles. The second-order valence-electron chi connectivity index (χ2n) is 6.71. The summed E-state index contributed by atoms with van der Waals surface area (Å²) in [4.78, 5) is 12.4. The molecule has 0 spiro atoms. The molecule has 0 atom stereocenters. The number of hydrogen-bond donors (Lipinski definition) is 2. The molecule has 0 saturated carbocycles. The van der Waals surface area contributed by atoms with Crippen LogP contribution in [0.15, 0.2) is 28.8 Å². The van der Waals surface area contributed by atoms with Gasteiger partial charge in [-0.05, 0) is 37.5 Å². The molecule has 148 valence electrons. The summed E-state index contributed by atoms with van der Waals surface area (Å²) < 4.78 is 11.3. The SMILES string of the molecule is OCC(CO)Oc1ccc2nc(/C=C/c3cnc(N4CCCCC4)s3)oc2c1. The molecule has 1 aliphatic heterocycles. The smallest absolute Gasteiger partial charge is 0.220 e. The van der Waals surface area contributed by atoms with E-state index in [1.54, 1.807) is 29.5 Å². The third kappa shape index (κ3) is 4.35. The van der Waals surface area contributed by atoms with Gasteiger partial charge in [0.25, 0.3) is 0 Å². The lowest BCUT2D eigenvalue weighted by molar-refractivity contribution is 0.0630. The molecule has 0 amide bonds. The maximum Gasteiger partial charge on any atom is 0.220 e. The second-order valence-corrected chi connectivity index (χ2v) is 7.75. The largest absolute Gasteiger partial charge is 0.485 e. The van der Waals surface area contributed by atoms with Gasteiger partial charge in [0, 0.05) is 36.3 Å². The molecule has 7 nitrogen and oxygen atoms in total. The first kappa shape index (κ1) is 18.9. The minimum absolute atomic E-state index is 0.257. The number of fused-ring (bicyclic) bond motifs is 1. The third-order valence-electron chi connectivity index (χ3n) is 4.61. The number of benzene rings is 1. The van der Waals surface area contributed by atoms with E-state index in [-0.39, 0.29) is 13.2 Å². The molecule has 0 radical (unpaired) electrons. The second kappa shape index (κ2) is 8.72. The van der Waals surface area contributed by atoms with Gasteiger partial charge in [0.1, 0.15) is 17.4 Å². The van der Waals surface area contributed by atoms with Crippen LogP contribution in [0.5, 0.6) is 5.75 Å². The van der Waals surface area contributed by atoms with Crippen molar-refractivity contribution in [2.75, 3.05) is 31.2 Å². The van der Waals surface area contributed by atoms with Crippen molar-refractivity contribution in [3.63, 3.8) is 0 Å². The Bertz CT molecular complexity index is 942. The van der Waals surface area contributed by atoms with Crippen molar-refractivity contribution in [1.82, 2.24) is 9.97 Å². The van der Waals surface area contributed by atoms with Crippen molar-refractivity contribution < 1.29 is 19.4 Å². The number of aromatic nitrogens is 2. The maximum atomic E-state index is 9.13. The van der Waals surface area contributed by atoms with Gasteiger partial charge in [-0.2, -0.15) is 0 Å². The molecule has 2 aromatic heterocycles. The molecule has 3 heterocycles. The highest BCUT2D eigenvalue weighted by molar-refractivity contribution is 7.16. The summed E-state index contributed by atoms with van der Waals surface area (Å²) in [5.74, 6) is 1.02. The van der Waals surface area contributed by atoms with Gasteiger partial charge in [0.05, 0.1) is 13.2 Å². The number of piperidine rings is 1. The number of thiazole rings is 1. The Balaban J connectivity index is 1.46. The molecular formula is C20H23N3O4S. The molecule has 4 rings (SSSR count). The molecule has 2 N–H and O–H groups in total. The fraction of sp³-hybridized carbons (Fsp3) is 0.400. The Labute approximate surface area is 166 Å². The molecule has 8 heteroatoms. The zero-order valence-electron chi connectivity index (χ0n) is 15.5. The van der Waals surface area contributed by atoms with Crippen LogP contribution in [0.4, 0.5) is 5.13 Å². The van der Waals surface area contributed by atoms with Gasteiger partial charge in [0.15, 0.2) is 10.7 Å². The first-order valence-electron chi connectivity index (χ1n) is 9.43. The van der Waals surface area contributed by atoms with Gasteiger partial charge >= 0.3 is 0 Å². The molecule has 3 aromatic rings. The van der Waals surface area contributed by atoms with Crippen LogP contribution < -0.4 is 9.64 Å². The van der Waals surface area contributed by atoms with E-state index in [4.69, 9.17) is 19.4 Å². The van der Waals surface area contributed by atoms with E-state index in [1.165, 1.54) is 19.3 Å². The van der Waals surface area contributed by atoms with Crippen LogP contribution in [0, 0.1) is 0 Å². The minimum atomic E-state index is -0.653. The molecule has 1 fully saturated rings. The number of anilines is 1. The van der Waals surface area contributed by atoms with Crippen molar-refractivity contribution >= 4 is 39.7 Å². The molecule has 0 unspecified atom stereocenters. The lowest BCUT2D eigenvalue weighted by Crippen LogP contribution is -2.29. The summed E-state index contributed by atoms with van der Waals surface area (Å²) in [6, 6.07) is 5.24. The highest BCUT2D eigenvalue weighted by Gasteiger charge is 2.14. The molecule has 28 heavy (non-hydrogen) atoms. The molecular weight excluding hydrogens is 378 g/mol. The first-order valence-corrected chi connectivity index (χ1v) is 10.2. The highest BCUT2D eigenvalue weighted by Crippen LogP contribution is 2.27. The summed E-state index contributed by atoms with van der Waals surface area (Å²) in [6.45, 7) is 1.65. The van der Waals surface area contributed by atoms with Crippen molar-refractivity contribution in [1.29, 1.82) is 0 Å². The zero-order chi connectivity index (χ0) is 19.3. The van der Waals surface area contributed by atoms with Crippen molar-refractivity contribution in [3.8, 4) is 5.75 Å². The average Bonchev–Trinajstić information content (AvgIpc) is 3.37. The predicted octanol–water partition coefficient (Wildman–Crippen LogP) is 3.18. The molecule has 0 aliphatic carbocycles. The van der Waals surface area contributed by atoms with Crippen molar-refractivity contribution in [3.05, 3.63) is 35.2 Å². The number of oxazole rings is 1. The zero-order valence-corrected chi connectivity index (χ0v) is 16.3. The van der Waals surface area contributed by atoms with Gasteiger partial charge in [0.2, 0.25) is 5.89 Å². The van der Waals surface area contributed by atoms with Crippen LogP contribution in [-0.2, 0) is 0 Å². The summed E-state index contributed by atoms with van der Waals surface area (Å²) in [5, 5.41) is 19.3. The quantitative estimate of drug-likeness (QED) is 0.628. The van der Waals surface area contributed by atoms with Gasteiger partial charge in [-0.15, -0.1) is 0 Å². The van der Waals surface area contributed by atoms with E-state index >= 15 is 0 Å². The van der Waals surface area contributed by atoms with Crippen molar-refractivity contribution in [2.24, 2.45) is 0 Å². The average molecular weight is 401 g/mol. The van der Waals surface area contributed by atoms with Crippen LogP contribution in [0.25, 0.3) is 23.3 Å². The first-order chi connectivity index (χ1) is 13.7. The standard InChI is InChI=1S/C20H23N3O4S/c24-12-15(13-25)26-14-4-6-17-18(10-14)27-19(22-17)7-5-16-11-21-20(28-16)23-8-2-1-3-9-23/h4-7,10-11,15,24-25H,1-3,8-9,12-13H2/b7-5+.